The van der Waals surface area contributed by atoms with Crippen molar-refractivity contribution in [3.63, 3.8) is 0 Å². The molecule has 0 bridgehead atoms. The number of nitrogens with zero attached hydrogens (tertiary/aromatic N) is 3. The lowest BCUT2D eigenvalue weighted by atomic mass is 10.0. The van der Waals surface area contributed by atoms with Crippen LogP contribution in [0.15, 0.2) is 71.8 Å². The van der Waals surface area contributed by atoms with Crippen molar-refractivity contribution in [1.29, 1.82) is 0 Å². The number of hydrogen-bond donors (Lipinski definition) is 2. The molecule has 1 amide bonds. The maximum Gasteiger partial charge on any atom is 0.261 e. The molecule has 0 saturated carbocycles. The van der Waals surface area contributed by atoms with E-state index in [1.54, 1.807) is 24.6 Å². The molecule has 0 atom stereocenters. The zero-order valence-electron chi connectivity index (χ0n) is 21.7. The third kappa shape index (κ3) is 4.92. The first kappa shape index (κ1) is 26.3. The van der Waals surface area contributed by atoms with E-state index in [0.29, 0.717) is 28.0 Å². The van der Waals surface area contributed by atoms with Gasteiger partial charge in [-0.15, -0.1) is 0 Å². The summed E-state index contributed by atoms with van der Waals surface area (Å²) in [4.78, 5) is 34.9. The number of nitrogen functional groups attached to an aromatic ring is 1. The third-order valence-electron chi connectivity index (χ3n) is 6.33. The number of benzene rings is 2. The predicted octanol–water partition coefficient (Wildman–Crippen LogP) is 5.22. The van der Waals surface area contributed by atoms with E-state index >= 15 is 4.39 Å². The highest BCUT2D eigenvalue weighted by atomic mass is 19.1. The number of pyridine rings is 3. The number of halogens is 2. The van der Waals surface area contributed by atoms with Gasteiger partial charge in [-0.2, -0.15) is 0 Å². The Labute approximate surface area is 226 Å². The molecule has 0 aliphatic heterocycles. The second-order valence-corrected chi connectivity index (χ2v) is 8.92. The second kappa shape index (κ2) is 10.4. The number of nitrogens with two attached hydrogens (primary N) is 1. The summed E-state index contributed by atoms with van der Waals surface area (Å²) < 4.78 is 41.0. The summed E-state index contributed by atoms with van der Waals surface area (Å²) in [6.45, 7) is 1.72. The maximum atomic E-state index is 15.1. The molecule has 3 aromatic heterocycles. The minimum atomic E-state index is -0.769. The number of carbonyl (C=O) groups is 1. The van der Waals surface area contributed by atoms with Gasteiger partial charge in [0.25, 0.3) is 5.91 Å². The fourth-order valence-electron chi connectivity index (χ4n) is 4.21. The van der Waals surface area contributed by atoms with Crippen LogP contribution in [0.5, 0.6) is 17.4 Å². The maximum absolute atomic E-state index is 15.1. The van der Waals surface area contributed by atoms with E-state index in [9.17, 15) is 14.0 Å². The summed E-state index contributed by atoms with van der Waals surface area (Å²) in [5.41, 5.74) is 7.68. The molecule has 5 rings (SSSR count). The first-order chi connectivity index (χ1) is 19.2. The number of amides is 1. The van der Waals surface area contributed by atoms with Crippen molar-refractivity contribution >= 4 is 28.3 Å². The van der Waals surface area contributed by atoms with Crippen LogP contribution in [0.2, 0.25) is 0 Å². The van der Waals surface area contributed by atoms with Crippen LogP contribution in [0.1, 0.15) is 16.1 Å². The van der Waals surface area contributed by atoms with Gasteiger partial charge in [-0.25, -0.2) is 13.8 Å². The molecule has 9 nitrogen and oxygen atoms in total. The molecule has 202 valence electrons. The Kier molecular flexibility index (Phi) is 6.87. The van der Waals surface area contributed by atoms with Crippen LogP contribution in [0.4, 0.5) is 20.2 Å². The summed E-state index contributed by atoms with van der Waals surface area (Å²) >= 11 is 0. The SMILES string of the molecule is COc1nc2c(Oc3ccc(NC(=O)c4cn(C)c(C)c(-c5ccc(F)cc5)c4=O)cc3F)ccnc2cc1N. The summed E-state index contributed by atoms with van der Waals surface area (Å²) in [5.74, 6) is -1.68. The van der Waals surface area contributed by atoms with Crippen LogP contribution < -0.4 is 26.0 Å². The molecule has 0 aliphatic carbocycles. The van der Waals surface area contributed by atoms with Crippen LogP contribution in [0, 0.1) is 18.6 Å². The normalized spacial score (nSPS) is 10.9. The first-order valence-electron chi connectivity index (χ1n) is 12.0. The summed E-state index contributed by atoms with van der Waals surface area (Å²) in [5, 5.41) is 2.56. The number of carbonyl (C=O) groups excluding carboxylic acids is 1. The van der Waals surface area contributed by atoms with Crippen LogP contribution in [-0.2, 0) is 7.05 Å². The molecule has 2 aromatic carbocycles. The summed E-state index contributed by atoms with van der Waals surface area (Å²) in [6, 6.07) is 12.4. The second-order valence-electron chi connectivity index (χ2n) is 8.92. The number of rotatable bonds is 6. The van der Waals surface area contributed by atoms with Crippen molar-refractivity contribution in [1.82, 2.24) is 14.5 Å². The van der Waals surface area contributed by atoms with Gasteiger partial charge in [0.15, 0.2) is 17.3 Å². The molecule has 5 aromatic rings. The van der Waals surface area contributed by atoms with Crippen molar-refractivity contribution < 1.29 is 23.0 Å². The number of aryl methyl sites for hydroxylation is 1. The largest absolute Gasteiger partial charge is 0.480 e. The molecular weight excluding hydrogens is 520 g/mol. The Hall–Kier alpha value is -5.32. The van der Waals surface area contributed by atoms with E-state index in [-0.39, 0.29) is 34.2 Å². The Morgan fingerprint density at radius 2 is 1.80 bits per heavy atom. The highest BCUT2D eigenvalue weighted by Gasteiger charge is 2.20. The number of hydrogen-bond acceptors (Lipinski definition) is 7. The van der Waals surface area contributed by atoms with Crippen LogP contribution in [-0.4, -0.2) is 27.6 Å². The third-order valence-corrected chi connectivity index (χ3v) is 6.33. The minimum absolute atomic E-state index is 0.105. The van der Waals surface area contributed by atoms with Gasteiger partial charge in [0.05, 0.1) is 18.3 Å². The van der Waals surface area contributed by atoms with Gasteiger partial charge in [0.1, 0.15) is 16.9 Å². The fourth-order valence-corrected chi connectivity index (χ4v) is 4.21. The smallest absolute Gasteiger partial charge is 0.261 e. The van der Waals surface area contributed by atoms with E-state index in [4.69, 9.17) is 15.2 Å². The molecule has 0 aliphatic rings. The van der Waals surface area contributed by atoms with E-state index in [1.165, 1.54) is 62.0 Å². The van der Waals surface area contributed by atoms with Crippen molar-refractivity contribution in [3.8, 4) is 28.5 Å². The number of ether oxygens (including phenoxy) is 2. The van der Waals surface area contributed by atoms with Crippen LogP contribution >= 0.6 is 0 Å². The molecule has 3 heterocycles. The Morgan fingerprint density at radius 1 is 1.05 bits per heavy atom. The highest BCUT2D eigenvalue weighted by Crippen LogP contribution is 2.33. The van der Waals surface area contributed by atoms with Gasteiger partial charge in [-0.3, -0.25) is 14.6 Å². The van der Waals surface area contributed by atoms with Crippen LogP contribution in [0.25, 0.3) is 22.2 Å². The summed E-state index contributed by atoms with van der Waals surface area (Å²) in [7, 11) is 3.11. The van der Waals surface area contributed by atoms with Gasteiger partial charge >= 0.3 is 0 Å². The molecule has 3 N–H and O–H groups in total. The van der Waals surface area contributed by atoms with Gasteiger partial charge in [-0.1, -0.05) is 12.1 Å². The molecule has 0 unspecified atom stereocenters. The lowest BCUT2D eigenvalue weighted by molar-refractivity contribution is 0.102. The quantitative estimate of drug-likeness (QED) is 0.301. The number of anilines is 2. The number of methoxy groups -OCH3 is 1. The minimum Gasteiger partial charge on any atom is -0.480 e. The lowest BCUT2D eigenvalue weighted by Crippen LogP contribution is -2.25. The first-order valence-corrected chi connectivity index (χ1v) is 12.0. The van der Waals surface area contributed by atoms with E-state index in [2.05, 4.69) is 15.3 Å². The van der Waals surface area contributed by atoms with Crippen molar-refractivity contribution in [2.24, 2.45) is 7.05 Å². The molecule has 40 heavy (non-hydrogen) atoms. The van der Waals surface area contributed by atoms with Crippen molar-refractivity contribution in [2.75, 3.05) is 18.2 Å². The highest BCUT2D eigenvalue weighted by molar-refractivity contribution is 6.04. The van der Waals surface area contributed by atoms with E-state index in [0.717, 1.165) is 6.07 Å². The fraction of sp³-hybridized carbons (Fsp3) is 0.103. The number of fused-ring (bicyclic) bond motifs is 1. The Balaban J connectivity index is 1.42. The van der Waals surface area contributed by atoms with Crippen molar-refractivity contribution in [3.05, 3.63) is 100 Å². The zero-order chi connectivity index (χ0) is 28.6. The average Bonchev–Trinajstić information content (AvgIpc) is 2.93. The van der Waals surface area contributed by atoms with Gasteiger partial charge < -0.3 is 25.1 Å². The van der Waals surface area contributed by atoms with Gasteiger partial charge in [0.2, 0.25) is 11.3 Å². The molecule has 0 saturated heterocycles. The molecule has 0 fully saturated rings. The number of nitrogens with one attached hydrogen (secondary N) is 1. The number of aromatic nitrogens is 3. The van der Waals surface area contributed by atoms with Gasteiger partial charge in [0, 0.05) is 48.5 Å². The predicted molar refractivity (Wildman–Crippen MR) is 147 cm³/mol. The van der Waals surface area contributed by atoms with Crippen molar-refractivity contribution in [2.45, 2.75) is 6.92 Å². The molecule has 11 heteroatoms. The topological polar surface area (TPSA) is 121 Å². The van der Waals surface area contributed by atoms with E-state index < -0.39 is 23.0 Å². The summed E-state index contributed by atoms with van der Waals surface area (Å²) in [6.07, 6.45) is 2.87. The molecule has 0 radical (unpaired) electrons. The lowest BCUT2D eigenvalue weighted by Gasteiger charge is -2.14. The van der Waals surface area contributed by atoms with Gasteiger partial charge in [-0.05, 0) is 42.8 Å². The molecular formula is C29H23F2N5O4. The van der Waals surface area contributed by atoms with E-state index in [1.807, 2.05) is 0 Å². The monoisotopic (exact) mass is 543 g/mol. The Bertz CT molecular complexity index is 1840. The van der Waals surface area contributed by atoms with Crippen LogP contribution in [0.3, 0.4) is 0 Å². The molecule has 0 spiro atoms. The standard InChI is InChI=1S/C29H23F2N5O4/c1-15-25(16-4-6-17(30)7-5-16)27(37)19(14-36(15)2)28(38)34-18-8-9-23(20(31)12-18)40-24-10-11-33-22-13-21(32)29(39-3)35-26(22)24/h4-14H,32H2,1-3H3,(H,34,38). The zero-order valence-corrected chi connectivity index (χ0v) is 21.7. The Morgan fingerprint density at radius 3 is 2.50 bits per heavy atom. The average molecular weight is 544 g/mol.